The molecule has 1 aromatic carbocycles. The van der Waals surface area contributed by atoms with Gasteiger partial charge >= 0.3 is 5.97 Å². The highest BCUT2D eigenvalue weighted by Crippen LogP contribution is 2.37. The summed E-state index contributed by atoms with van der Waals surface area (Å²) in [5.74, 6) is 0.159. The van der Waals surface area contributed by atoms with Gasteiger partial charge in [0.25, 0.3) is 0 Å². The summed E-state index contributed by atoms with van der Waals surface area (Å²) >= 11 is 0. The zero-order valence-corrected chi connectivity index (χ0v) is 9.55. The van der Waals surface area contributed by atoms with E-state index in [9.17, 15) is 4.79 Å². The topological polar surface area (TPSA) is 81.8 Å². The maximum absolute atomic E-state index is 10.9. The van der Waals surface area contributed by atoms with Crippen LogP contribution in [0.3, 0.4) is 0 Å². The Balaban J connectivity index is 2.34. The average molecular weight is 237 g/mol. The molecular weight excluding hydrogens is 222 g/mol. The maximum atomic E-state index is 10.9. The summed E-state index contributed by atoms with van der Waals surface area (Å²) in [6, 6.07) is 4.47. The number of rotatable bonds is 3. The summed E-state index contributed by atoms with van der Waals surface area (Å²) in [7, 11) is 1.57. The van der Waals surface area contributed by atoms with Crippen LogP contribution in [0.25, 0.3) is 0 Å². The van der Waals surface area contributed by atoms with Crippen LogP contribution in [0.2, 0.25) is 0 Å². The van der Waals surface area contributed by atoms with E-state index in [1.165, 1.54) is 0 Å². The van der Waals surface area contributed by atoms with Gasteiger partial charge in [-0.25, -0.2) is 0 Å². The van der Waals surface area contributed by atoms with E-state index in [4.69, 9.17) is 20.3 Å². The van der Waals surface area contributed by atoms with Gasteiger partial charge < -0.3 is 20.3 Å². The second-order valence-electron chi connectivity index (χ2n) is 4.01. The monoisotopic (exact) mass is 237 g/mol. The maximum Gasteiger partial charge on any atom is 0.321 e. The summed E-state index contributed by atoms with van der Waals surface area (Å²) in [6.45, 7) is 0.478. The Morgan fingerprint density at radius 2 is 2.41 bits per heavy atom. The minimum Gasteiger partial charge on any atom is -0.497 e. The van der Waals surface area contributed by atoms with Gasteiger partial charge in [0.05, 0.1) is 13.7 Å². The number of hydrogen-bond donors (Lipinski definition) is 2. The van der Waals surface area contributed by atoms with Crippen LogP contribution in [0.4, 0.5) is 0 Å². The summed E-state index contributed by atoms with van der Waals surface area (Å²) in [5, 5.41) is 8.97. The largest absolute Gasteiger partial charge is 0.497 e. The normalized spacial score (nSPS) is 20.0. The Kier molecular flexibility index (Phi) is 3.19. The number of ether oxygens (including phenoxy) is 2. The molecule has 5 nitrogen and oxygen atoms in total. The highest BCUT2D eigenvalue weighted by Gasteiger charge is 2.31. The van der Waals surface area contributed by atoms with Crippen molar-refractivity contribution in [1.82, 2.24) is 0 Å². The van der Waals surface area contributed by atoms with E-state index >= 15 is 0 Å². The molecule has 17 heavy (non-hydrogen) atoms. The summed E-state index contributed by atoms with van der Waals surface area (Å²) in [4.78, 5) is 10.9. The van der Waals surface area contributed by atoms with Crippen molar-refractivity contribution in [3.8, 4) is 11.5 Å². The third kappa shape index (κ3) is 2.19. The smallest absolute Gasteiger partial charge is 0.321 e. The summed E-state index contributed by atoms with van der Waals surface area (Å²) < 4.78 is 10.6. The van der Waals surface area contributed by atoms with Crippen molar-refractivity contribution < 1.29 is 19.4 Å². The van der Waals surface area contributed by atoms with Gasteiger partial charge in [-0.3, -0.25) is 4.79 Å². The first kappa shape index (κ1) is 11.7. The van der Waals surface area contributed by atoms with Gasteiger partial charge in [-0.2, -0.15) is 0 Å². The predicted octanol–water partition coefficient (Wildman–Crippen LogP) is 0.973. The van der Waals surface area contributed by atoms with Crippen molar-refractivity contribution in [1.29, 1.82) is 0 Å². The Hall–Kier alpha value is -1.75. The van der Waals surface area contributed by atoms with Gasteiger partial charge in [0.2, 0.25) is 0 Å². The molecule has 0 fully saturated rings. The lowest BCUT2D eigenvalue weighted by atomic mass is 9.87. The van der Waals surface area contributed by atoms with Crippen LogP contribution in [0.15, 0.2) is 18.2 Å². The first-order chi connectivity index (χ1) is 8.13. The number of aliphatic carboxylic acids is 1. The van der Waals surface area contributed by atoms with Gasteiger partial charge in [0, 0.05) is 12.0 Å². The van der Waals surface area contributed by atoms with Crippen molar-refractivity contribution >= 4 is 5.97 Å². The second-order valence-corrected chi connectivity index (χ2v) is 4.01. The molecular formula is C12H15NO4. The highest BCUT2D eigenvalue weighted by molar-refractivity contribution is 5.75. The van der Waals surface area contributed by atoms with Crippen molar-refractivity contribution in [3.05, 3.63) is 23.8 Å². The molecule has 1 heterocycles. The molecule has 0 saturated carbocycles. The minimum atomic E-state index is -0.987. The lowest BCUT2D eigenvalue weighted by molar-refractivity contribution is -0.139. The Morgan fingerprint density at radius 3 is 3.06 bits per heavy atom. The molecule has 1 aliphatic heterocycles. The van der Waals surface area contributed by atoms with Crippen molar-refractivity contribution in [2.75, 3.05) is 13.7 Å². The number of carboxylic acids is 1. The molecule has 2 unspecified atom stereocenters. The first-order valence-electron chi connectivity index (χ1n) is 5.42. The van der Waals surface area contributed by atoms with E-state index in [0.717, 1.165) is 5.56 Å². The van der Waals surface area contributed by atoms with Crippen LogP contribution in [-0.2, 0) is 4.79 Å². The molecule has 0 bridgehead atoms. The summed E-state index contributed by atoms with van der Waals surface area (Å²) in [5.41, 5.74) is 6.53. The standard InChI is InChI=1S/C12H15NO4/c1-16-7-2-3-8-9(11(13)12(14)15)4-5-17-10(8)6-7/h2-3,6,9,11H,4-5,13H2,1H3,(H,14,15). The molecule has 5 heteroatoms. The SMILES string of the molecule is COc1ccc2c(c1)OCCC2C(N)C(=O)O. The van der Waals surface area contributed by atoms with Crippen LogP contribution in [-0.4, -0.2) is 30.8 Å². The fraction of sp³-hybridized carbons (Fsp3) is 0.417. The fourth-order valence-corrected chi connectivity index (χ4v) is 2.07. The molecule has 3 N–H and O–H groups in total. The Bertz CT molecular complexity index is 433. The average Bonchev–Trinajstić information content (AvgIpc) is 2.36. The number of carbonyl (C=O) groups is 1. The number of methoxy groups -OCH3 is 1. The van der Waals surface area contributed by atoms with E-state index in [-0.39, 0.29) is 5.92 Å². The van der Waals surface area contributed by atoms with Gasteiger partial charge in [0.15, 0.2) is 0 Å². The molecule has 2 atom stereocenters. The molecule has 92 valence electrons. The molecule has 1 aromatic rings. The number of nitrogens with two attached hydrogens (primary N) is 1. The third-order valence-electron chi connectivity index (χ3n) is 3.03. The third-order valence-corrected chi connectivity index (χ3v) is 3.03. The molecule has 0 aromatic heterocycles. The lowest BCUT2D eigenvalue weighted by Crippen LogP contribution is -2.38. The van der Waals surface area contributed by atoms with E-state index in [2.05, 4.69) is 0 Å². The van der Waals surface area contributed by atoms with Crippen LogP contribution in [0.1, 0.15) is 17.9 Å². The number of benzene rings is 1. The highest BCUT2D eigenvalue weighted by atomic mass is 16.5. The zero-order chi connectivity index (χ0) is 12.4. The van der Waals surface area contributed by atoms with Crippen molar-refractivity contribution in [3.63, 3.8) is 0 Å². The summed E-state index contributed by atoms with van der Waals surface area (Å²) in [6.07, 6.45) is 0.618. The molecule has 0 radical (unpaired) electrons. The van der Waals surface area contributed by atoms with E-state index in [1.807, 2.05) is 6.07 Å². The van der Waals surface area contributed by atoms with Crippen molar-refractivity contribution in [2.24, 2.45) is 5.73 Å². The lowest BCUT2D eigenvalue weighted by Gasteiger charge is -2.28. The van der Waals surface area contributed by atoms with Crippen LogP contribution >= 0.6 is 0 Å². The van der Waals surface area contributed by atoms with Crippen molar-refractivity contribution in [2.45, 2.75) is 18.4 Å². The van der Waals surface area contributed by atoms with Gasteiger partial charge in [-0.05, 0) is 18.1 Å². The quantitative estimate of drug-likeness (QED) is 0.818. The Morgan fingerprint density at radius 1 is 1.65 bits per heavy atom. The molecule has 0 spiro atoms. The van der Waals surface area contributed by atoms with E-state index in [1.54, 1.807) is 19.2 Å². The Labute approximate surface area is 99.1 Å². The molecule has 2 rings (SSSR count). The molecule has 0 saturated heterocycles. The number of fused-ring (bicyclic) bond motifs is 1. The first-order valence-corrected chi connectivity index (χ1v) is 5.42. The van der Waals surface area contributed by atoms with Gasteiger partial charge in [-0.1, -0.05) is 6.07 Å². The zero-order valence-electron chi connectivity index (χ0n) is 9.55. The number of hydrogen-bond acceptors (Lipinski definition) is 4. The van der Waals surface area contributed by atoms with Gasteiger partial charge in [0.1, 0.15) is 17.5 Å². The molecule has 0 amide bonds. The van der Waals surface area contributed by atoms with Crippen LogP contribution in [0, 0.1) is 0 Å². The molecule has 0 aliphatic carbocycles. The number of carboxylic acid groups (broad SMARTS) is 1. The molecule has 1 aliphatic rings. The second kappa shape index (κ2) is 4.63. The van der Waals surface area contributed by atoms with Crippen LogP contribution < -0.4 is 15.2 Å². The van der Waals surface area contributed by atoms with E-state index in [0.29, 0.717) is 24.5 Å². The van der Waals surface area contributed by atoms with Crippen LogP contribution in [0.5, 0.6) is 11.5 Å². The predicted molar refractivity (Wildman–Crippen MR) is 61.5 cm³/mol. The minimum absolute atomic E-state index is 0.206. The van der Waals surface area contributed by atoms with Gasteiger partial charge in [-0.15, -0.1) is 0 Å². The fourth-order valence-electron chi connectivity index (χ4n) is 2.07. The van der Waals surface area contributed by atoms with E-state index < -0.39 is 12.0 Å².